The zero-order chi connectivity index (χ0) is 13.1. The summed E-state index contributed by atoms with van der Waals surface area (Å²) in [5.74, 6) is 2.67. The molecule has 0 saturated carbocycles. The highest BCUT2D eigenvalue weighted by Crippen LogP contribution is 2.33. The summed E-state index contributed by atoms with van der Waals surface area (Å²) >= 11 is 0. The number of rotatable bonds is 4. The van der Waals surface area contributed by atoms with Gasteiger partial charge in [-0.05, 0) is 25.2 Å². The Morgan fingerprint density at radius 3 is 2.89 bits per heavy atom. The lowest BCUT2D eigenvalue weighted by Gasteiger charge is -2.18. The molecule has 0 aliphatic carbocycles. The average molecular weight is 261 g/mol. The smallest absolute Gasteiger partial charge is 0.258 e. The van der Waals surface area contributed by atoms with Crippen LogP contribution in [0, 0.1) is 0 Å². The molecular formula is C13H15N3O3. The maximum Gasteiger partial charge on any atom is 0.258 e. The summed E-state index contributed by atoms with van der Waals surface area (Å²) in [6.07, 6.45) is 0.741. The zero-order valence-corrected chi connectivity index (χ0v) is 10.7. The Morgan fingerprint density at radius 1 is 1.21 bits per heavy atom. The van der Waals surface area contributed by atoms with Crippen LogP contribution >= 0.6 is 0 Å². The largest absolute Gasteiger partial charge is 0.486 e. The first kappa shape index (κ1) is 12.0. The molecule has 6 nitrogen and oxygen atoms in total. The van der Waals surface area contributed by atoms with Gasteiger partial charge in [-0.15, -0.1) is 0 Å². The van der Waals surface area contributed by atoms with Gasteiger partial charge in [-0.3, -0.25) is 0 Å². The molecule has 1 aliphatic rings. The molecule has 100 valence electrons. The Kier molecular flexibility index (Phi) is 3.33. The van der Waals surface area contributed by atoms with Crippen LogP contribution in [0.1, 0.15) is 5.82 Å². The standard InChI is InChI=1S/C13H15N3O3/c1-14-5-4-12-15-13(19-16-12)9-2-3-10-11(8-9)18-7-6-17-10/h2-3,8,14H,4-7H2,1H3. The highest BCUT2D eigenvalue weighted by molar-refractivity contribution is 5.60. The predicted molar refractivity (Wildman–Crippen MR) is 68.4 cm³/mol. The molecule has 1 aromatic carbocycles. The number of hydrogen-bond acceptors (Lipinski definition) is 6. The second-order valence-corrected chi connectivity index (χ2v) is 4.23. The predicted octanol–water partition coefficient (Wildman–Crippen LogP) is 1.27. The molecule has 0 bridgehead atoms. The van der Waals surface area contributed by atoms with Gasteiger partial charge in [0, 0.05) is 18.5 Å². The van der Waals surface area contributed by atoms with Crippen molar-refractivity contribution in [1.82, 2.24) is 15.5 Å². The van der Waals surface area contributed by atoms with Crippen LogP contribution in [0.25, 0.3) is 11.5 Å². The highest BCUT2D eigenvalue weighted by Gasteiger charge is 2.15. The summed E-state index contributed by atoms with van der Waals surface area (Å²) < 4.78 is 16.3. The summed E-state index contributed by atoms with van der Waals surface area (Å²) in [6, 6.07) is 5.62. The van der Waals surface area contributed by atoms with Gasteiger partial charge in [0.15, 0.2) is 17.3 Å². The Morgan fingerprint density at radius 2 is 2.05 bits per heavy atom. The van der Waals surface area contributed by atoms with E-state index in [2.05, 4.69) is 15.5 Å². The first-order valence-corrected chi connectivity index (χ1v) is 6.24. The third-order valence-corrected chi connectivity index (χ3v) is 2.86. The number of ether oxygens (including phenoxy) is 2. The number of aromatic nitrogens is 2. The fourth-order valence-corrected chi connectivity index (χ4v) is 1.89. The van der Waals surface area contributed by atoms with E-state index in [9.17, 15) is 0 Å². The van der Waals surface area contributed by atoms with Gasteiger partial charge in [0.2, 0.25) is 0 Å². The van der Waals surface area contributed by atoms with Crippen LogP contribution in [-0.4, -0.2) is 36.9 Å². The zero-order valence-electron chi connectivity index (χ0n) is 10.7. The minimum absolute atomic E-state index is 0.503. The van der Waals surface area contributed by atoms with Crippen molar-refractivity contribution in [2.45, 2.75) is 6.42 Å². The van der Waals surface area contributed by atoms with Crippen LogP contribution < -0.4 is 14.8 Å². The molecular weight excluding hydrogens is 246 g/mol. The second kappa shape index (κ2) is 5.27. The van der Waals surface area contributed by atoms with Crippen LogP contribution in [0.3, 0.4) is 0 Å². The van der Waals surface area contributed by atoms with Crippen LogP contribution in [-0.2, 0) is 6.42 Å². The topological polar surface area (TPSA) is 69.4 Å². The van der Waals surface area contributed by atoms with Gasteiger partial charge in [0.25, 0.3) is 5.89 Å². The van der Waals surface area contributed by atoms with Crippen molar-refractivity contribution >= 4 is 0 Å². The molecule has 0 unspecified atom stereocenters. The normalized spacial score (nSPS) is 13.5. The Labute approximate surface area is 110 Å². The Bertz CT molecular complexity index is 568. The summed E-state index contributed by atoms with van der Waals surface area (Å²) in [6.45, 7) is 1.97. The molecule has 6 heteroatoms. The first-order valence-electron chi connectivity index (χ1n) is 6.24. The van der Waals surface area contributed by atoms with Gasteiger partial charge < -0.3 is 19.3 Å². The van der Waals surface area contributed by atoms with E-state index in [0.717, 1.165) is 30.0 Å². The average Bonchev–Trinajstić information content (AvgIpc) is 2.93. The minimum atomic E-state index is 0.503. The van der Waals surface area contributed by atoms with Crippen molar-refractivity contribution in [3.8, 4) is 23.0 Å². The Hall–Kier alpha value is -2.08. The van der Waals surface area contributed by atoms with Gasteiger partial charge in [-0.1, -0.05) is 5.16 Å². The minimum Gasteiger partial charge on any atom is -0.486 e. The number of benzene rings is 1. The fourth-order valence-electron chi connectivity index (χ4n) is 1.89. The van der Waals surface area contributed by atoms with Crippen molar-refractivity contribution in [3.05, 3.63) is 24.0 Å². The van der Waals surface area contributed by atoms with E-state index in [1.165, 1.54) is 0 Å². The molecule has 1 aliphatic heterocycles. The highest BCUT2D eigenvalue weighted by atomic mass is 16.6. The van der Waals surface area contributed by atoms with Gasteiger partial charge in [0.1, 0.15) is 13.2 Å². The van der Waals surface area contributed by atoms with E-state index < -0.39 is 0 Å². The molecule has 0 atom stereocenters. The van der Waals surface area contributed by atoms with Gasteiger partial charge >= 0.3 is 0 Å². The number of likely N-dealkylation sites (N-methyl/N-ethyl adjacent to an activating group) is 1. The molecule has 0 spiro atoms. The van der Waals surface area contributed by atoms with E-state index in [1.54, 1.807) is 0 Å². The van der Waals surface area contributed by atoms with Gasteiger partial charge in [-0.2, -0.15) is 4.98 Å². The summed E-state index contributed by atoms with van der Waals surface area (Å²) in [4.78, 5) is 4.35. The van der Waals surface area contributed by atoms with E-state index in [0.29, 0.717) is 24.9 Å². The molecule has 1 aromatic heterocycles. The van der Waals surface area contributed by atoms with Crippen LogP contribution in [0.5, 0.6) is 11.5 Å². The molecule has 19 heavy (non-hydrogen) atoms. The summed E-state index contributed by atoms with van der Waals surface area (Å²) in [5, 5.41) is 6.99. The van der Waals surface area contributed by atoms with Gasteiger partial charge in [0.05, 0.1) is 0 Å². The molecule has 0 amide bonds. The summed E-state index contributed by atoms with van der Waals surface area (Å²) in [7, 11) is 1.89. The molecule has 0 radical (unpaired) electrons. The summed E-state index contributed by atoms with van der Waals surface area (Å²) in [5.41, 5.74) is 0.840. The fraction of sp³-hybridized carbons (Fsp3) is 0.385. The number of nitrogens with zero attached hydrogens (tertiary/aromatic N) is 2. The van der Waals surface area contributed by atoms with E-state index in [4.69, 9.17) is 14.0 Å². The lowest BCUT2D eigenvalue weighted by Crippen LogP contribution is -2.15. The maximum atomic E-state index is 5.53. The SMILES string of the molecule is CNCCc1noc(-c2ccc3c(c2)OCCO3)n1. The number of hydrogen-bond donors (Lipinski definition) is 1. The van der Waals surface area contributed by atoms with Crippen molar-refractivity contribution in [3.63, 3.8) is 0 Å². The molecule has 2 heterocycles. The van der Waals surface area contributed by atoms with Crippen molar-refractivity contribution < 1.29 is 14.0 Å². The number of fused-ring (bicyclic) bond motifs is 1. The van der Waals surface area contributed by atoms with E-state index >= 15 is 0 Å². The van der Waals surface area contributed by atoms with Crippen molar-refractivity contribution in [2.75, 3.05) is 26.8 Å². The van der Waals surface area contributed by atoms with Crippen molar-refractivity contribution in [1.29, 1.82) is 0 Å². The number of nitrogens with one attached hydrogen (secondary N) is 1. The molecule has 0 fully saturated rings. The molecule has 3 rings (SSSR count). The molecule has 2 aromatic rings. The van der Waals surface area contributed by atoms with Crippen LogP contribution in [0.2, 0.25) is 0 Å². The third kappa shape index (κ3) is 2.53. The molecule has 1 N–H and O–H groups in total. The lowest BCUT2D eigenvalue weighted by atomic mass is 10.2. The van der Waals surface area contributed by atoms with E-state index in [-0.39, 0.29) is 0 Å². The van der Waals surface area contributed by atoms with Gasteiger partial charge in [-0.25, -0.2) is 0 Å². The monoisotopic (exact) mass is 261 g/mol. The first-order chi connectivity index (χ1) is 9.36. The third-order valence-electron chi connectivity index (χ3n) is 2.86. The quantitative estimate of drug-likeness (QED) is 0.893. The van der Waals surface area contributed by atoms with Crippen molar-refractivity contribution in [2.24, 2.45) is 0 Å². The maximum absolute atomic E-state index is 5.53. The molecule has 0 saturated heterocycles. The Balaban J connectivity index is 1.83. The van der Waals surface area contributed by atoms with E-state index in [1.807, 2.05) is 25.2 Å². The van der Waals surface area contributed by atoms with Crippen LogP contribution in [0.4, 0.5) is 0 Å². The van der Waals surface area contributed by atoms with Crippen LogP contribution in [0.15, 0.2) is 22.7 Å². The second-order valence-electron chi connectivity index (χ2n) is 4.23. The lowest BCUT2D eigenvalue weighted by molar-refractivity contribution is 0.171.